The van der Waals surface area contributed by atoms with Crippen molar-refractivity contribution in [3.8, 4) is 6.07 Å². The number of aromatic nitrogens is 2. The van der Waals surface area contributed by atoms with Crippen LogP contribution in [-0.4, -0.2) is 9.55 Å². The molecule has 0 aromatic carbocycles. The number of nitriles is 1. The third-order valence-electron chi connectivity index (χ3n) is 2.31. The minimum Gasteiger partial charge on any atom is -0.318 e. The van der Waals surface area contributed by atoms with Gasteiger partial charge >= 0.3 is 0 Å². The maximum atomic E-state index is 8.58. The highest BCUT2D eigenvalue weighted by Crippen LogP contribution is 2.20. The highest BCUT2D eigenvalue weighted by Gasteiger charge is 2.12. The Kier molecular flexibility index (Phi) is 4.64. The van der Waals surface area contributed by atoms with Gasteiger partial charge in [-0.15, -0.1) is 0 Å². The monoisotopic (exact) mass is 225 g/mol. The molecule has 0 amide bonds. The van der Waals surface area contributed by atoms with Crippen LogP contribution in [0.25, 0.3) is 0 Å². The van der Waals surface area contributed by atoms with Crippen LogP contribution in [0.4, 0.5) is 0 Å². The second-order valence-corrected chi connectivity index (χ2v) is 3.79. The summed E-state index contributed by atoms with van der Waals surface area (Å²) < 4.78 is 1.97. The summed E-state index contributed by atoms with van der Waals surface area (Å²) in [5, 5.41) is 9.28. The van der Waals surface area contributed by atoms with E-state index in [0.717, 1.165) is 30.8 Å². The number of halogens is 1. The fraction of sp³-hybridized carbons (Fsp3) is 0.636. The molecular weight excluding hydrogens is 210 g/mol. The lowest BCUT2D eigenvalue weighted by atomic mass is 10.3. The zero-order chi connectivity index (χ0) is 11.3. The molecule has 0 atom stereocenters. The molecule has 0 N–H and O–H groups in total. The second kappa shape index (κ2) is 5.77. The number of hydrogen-bond donors (Lipinski definition) is 0. The molecule has 3 nitrogen and oxygen atoms in total. The Bertz CT molecular complexity index is 363. The second-order valence-electron chi connectivity index (χ2n) is 3.43. The van der Waals surface area contributed by atoms with Crippen LogP contribution in [0.1, 0.15) is 38.2 Å². The maximum absolute atomic E-state index is 8.58. The standard InChI is InChI=1S/C11H16ClN3/c1-3-6-10-14-9(4-2)11(12)15(10)8-5-7-13/h3-6,8H2,1-2H3. The summed E-state index contributed by atoms with van der Waals surface area (Å²) in [7, 11) is 0. The van der Waals surface area contributed by atoms with Gasteiger partial charge in [0.1, 0.15) is 11.0 Å². The zero-order valence-corrected chi connectivity index (χ0v) is 10.0. The van der Waals surface area contributed by atoms with Gasteiger partial charge in [-0.25, -0.2) is 4.98 Å². The quantitative estimate of drug-likeness (QED) is 0.773. The first-order valence-electron chi connectivity index (χ1n) is 5.35. The van der Waals surface area contributed by atoms with Crippen molar-refractivity contribution in [1.29, 1.82) is 5.26 Å². The van der Waals surface area contributed by atoms with E-state index in [1.165, 1.54) is 0 Å². The van der Waals surface area contributed by atoms with Crippen LogP contribution in [0.3, 0.4) is 0 Å². The van der Waals surface area contributed by atoms with Gasteiger partial charge in [-0.3, -0.25) is 0 Å². The average Bonchev–Trinajstić information content (AvgIpc) is 2.53. The van der Waals surface area contributed by atoms with Gasteiger partial charge in [0, 0.05) is 13.0 Å². The number of hydrogen-bond acceptors (Lipinski definition) is 2. The predicted octanol–water partition coefficient (Wildman–Crippen LogP) is 2.97. The Morgan fingerprint density at radius 3 is 2.73 bits per heavy atom. The van der Waals surface area contributed by atoms with Crippen molar-refractivity contribution >= 4 is 11.6 Å². The average molecular weight is 226 g/mol. The molecule has 15 heavy (non-hydrogen) atoms. The first-order valence-corrected chi connectivity index (χ1v) is 5.73. The van der Waals surface area contributed by atoms with E-state index >= 15 is 0 Å². The Labute approximate surface area is 95.7 Å². The Balaban J connectivity index is 2.97. The predicted molar refractivity (Wildman–Crippen MR) is 60.8 cm³/mol. The van der Waals surface area contributed by atoms with E-state index in [9.17, 15) is 0 Å². The van der Waals surface area contributed by atoms with E-state index in [-0.39, 0.29) is 0 Å². The maximum Gasteiger partial charge on any atom is 0.132 e. The molecule has 0 fully saturated rings. The van der Waals surface area contributed by atoms with Gasteiger partial charge < -0.3 is 4.57 Å². The fourth-order valence-electron chi connectivity index (χ4n) is 1.56. The van der Waals surface area contributed by atoms with Crippen molar-refractivity contribution in [1.82, 2.24) is 9.55 Å². The molecule has 0 saturated heterocycles. The molecule has 0 unspecified atom stereocenters. The van der Waals surface area contributed by atoms with Gasteiger partial charge in [-0.1, -0.05) is 25.4 Å². The number of aryl methyl sites for hydroxylation is 2. The third kappa shape index (κ3) is 2.73. The van der Waals surface area contributed by atoms with E-state index in [2.05, 4.69) is 18.0 Å². The van der Waals surface area contributed by atoms with Crippen molar-refractivity contribution in [2.24, 2.45) is 0 Å². The molecule has 0 aliphatic heterocycles. The molecule has 0 spiro atoms. The Hall–Kier alpha value is -1.01. The topological polar surface area (TPSA) is 41.6 Å². The van der Waals surface area contributed by atoms with Crippen LogP contribution in [-0.2, 0) is 19.4 Å². The summed E-state index contributed by atoms with van der Waals surface area (Å²) in [6.45, 7) is 4.80. The number of nitrogens with zero attached hydrogens (tertiary/aromatic N) is 3. The van der Waals surface area contributed by atoms with Gasteiger partial charge in [0.05, 0.1) is 18.2 Å². The van der Waals surface area contributed by atoms with Gasteiger partial charge in [0.2, 0.25) is 0 Å². The highest BCUT2D eigenvalue weighted by atomic mass is 35.5. The zero-order valence-electron chi connectivity index (χ0n) is 9.26. The third-order valence-corrected chi connectivity index (χ3v) is 2.73. The van der Waals surface area contributed by atoms with Gasteiger partial charge in [-0.2, -0.15) is 5.26 Å². The van der Waals surface area contributed by atoms with Crippen LogP contribution in [0, 0.1) is 11.3 Å². The van der Waals surface area contributed by atoms with E-state index in [1.54, 1.807) is 0 Å². The van der Waals surface area contributed by atoms with Crippen LogP contribution in [0.15, 0.2) is 0 Å². The Morgan fingerprint density at radius 1 is 1.47 bits per heavy atom. The van der Waals surface area contributed by atoms with Gasteiger partial charge in [0.15, 0.2) is 0 Å². The summed E-state index contributed by atoms with van der Waals surface area (Å²) in [6, 6.07) is 2.13. The molecule has 0 bridgehead atoms. The molecule has 82 valence electrons. The van der Waals surface area contributed by atoms with E-state index in [4.69, 9.17) is 16.9 Å². The lowest BCUT2D eigenvalue weighted by Crippen LogP contribution is -2.03. The molecule has 1 rings (SSSR count). The molecule has 1 heterocycles. The van der Waals surface area contributed by atoms with Crippen molar-refractivity contribution in [2.45, 2.75) is 46.1 Å². The first kappa shape index (κ1) is 12.1. The molecule has 0 radical (unpaired) electrons. The minimum atomic E-state index is 0.482. The lowest BCUT2D eigenvalue weighted by Gasteiger charge is -2.05. The normalized spacial score (nSPS) is 10.3. The minimum absolute atomic E-state index is 0.482. The van der Waals surface area contributed by atoms with Gasteiger partial charge in [0.25, 0.3) is 0 Å². The fourth-order valence-corrected chi connectivity index (χ4v) is 1.92. The molecule has 1 aromatic heterocycles. The Morgan fingerprint density at radius 2 is 2.20 bits per heavy atom. The van der Waals surface area contributed by atoms with E-state index in [1.807, 2.05) is 11.5 Å². The smallest absolute Gasteiger partial charge is 0.132 e. The van der Waals surface area contributed by atoms with Crippen LogP contribution in [0.2, 0.25) is 5.15 Å². The van der Waals surface area contributed by atoms with E-state index in [0.29, 0.717) is 18.1 Å². The van der Waals surface area contributed by atoms with E-state index < -0.39 is 0 Å². The van der Waals surface area contributed by atoms with Crippen LogP contribution < -0.4 is 0 Å². The number of rotatable bonds is 5. The molecule has 0 aliphatic carbocycles. The molecule has 1 aromatic rings. The summed E-state index contributed by atoms with van der Waals surface area (Å²) >= 11 is 6.19. The SMILES string of the molecule is CCCc1nc(CC)c(Cl)n1CCC#N. The summed E-state index contributed by atoms with van der Waals surface area (Å²) in [4.78, 5) is 4.49. The first-order chi connectivity index (χ1) is 7.24. The molecule has 0 aliphatic rings. The molecule has 0 saturated carbocycles. The summed E-state index contributed by atoms with van der Waals surface area (Å²) in [5.74, 6) is 1.01. The largest absolute Gasteiger partial charge is 0.318 e. The molecule has 4 heteroatoms. The van der Waals surface area contributed by atoms with Crippen molar-refractivity contribution in [3.63, 3.8) is 0 Å². The van der Waals surface area contributed by atoms with Gasteiger partial charge in [-0.05, 0) is 12.8 Å². The summed E-state index contributed by atoms with van der Waals surface area (Å²) in [6.07, 6.45) is 3.29. The number of imidazole rings is 1. The van der Waals surface area contributed by atoms with Crippen molar-refractivity contribution in [3.05, 3.63) is 16.7 Å². The van der Waals surface area contributed by atoms with Crippen LogP contribution >= 0.6 is 11.6 Å². The molecular formula is C11H16ClN3. The van der Waals surface area contributed by atoms with Crippen LogP contribution in [0.5, 0.6) is 0 Å². The van der Waals surface area contributed by atoms with Crippen molar-refractivity contribution < 1.29 is 0 Å². The highest BCUT2D eigenvalue weighted by molar-refractivity contribution is 6.30. The van der Waals surface area contributed by atoms with Crippen molar-refractivity contribution in [2.75, 3.05) is 0 Å². The summed E-state index contributed by atoms with van der Waals surface area (Å²) in [5.41, 5.74) is 0.943. The lowest BCUT2D eigenvalue weighted by molar-refractivity contribution is 0.655.